The summed E-state index contributed by atoms with van der Waals surface area (Å²) < 4.78 is 81.0. The summed E-state index contributed by atoms with van der Waals surface area (Å²) >= 11 is 0. The number of rotatable bonds is 9. The van der Waals surface area contributed by atoms with Crippen LogP contribution in [0.2, 0.25) is 0 Å². The molecule has 0 saturated heterocycles. The molecule has 4 rings (SSSR count). The molecule has 0 unspecified atom stereocenters. The Labute approximate surface area is 198 Å². The number of anilines is 1. The van der Waals surface area contributed by atoms with Crippen molar-refractivity contribution in [3.63, 3.8) is 0 Å². The largest absolute Gasteiger partial charge is 0.487 e. The first-order valence-corrected chi connectivity index (χ1v) is 11.9. The maximum atomic E-state index is 15.1. The van der Waals surface area contributed by atoms with E-state index in [-0.39, 0.29) is 5.75 Å². The molecule has 35 heavy (non-hydrogen) atoms. The summed E-state index contributed by atoms with van der Waals surface area (Å²) in [6.45, 7) is 1.46. The third kappa shape index (κ3) is 4.99. The molecule has 0 aliphatic heterocycles. The Morgan fingerprint density at radius 1 is 1.11 bits per heavy atom. The monoisotopic (exact) mass is 507 g/mol. The van der Waals surface area contributed by atoms with Gasteiger partial charge in [-0.05, 0) is 24.6 Å². The van der Waals surface area contributed by atoms with Crippen LogP contribution < -0.4 is 14.2 Å². The Morgan fingerprint density at radius 2 is 1.91 bits per heavy atom. The number of halogens is 3. The molecule has 3 heterocycles. The Morgan fingerprint density at radius 3 is 2.66 bits per heavy atom. The first-order chi connectivity index (χ1) is 16.7. The summed E-state index contributed by atoms with van der Waals surface area (Å²) in [6.07, 6.45) is 3.75. The van der Waals surface area contributed by atoms with Crippen molar-refractivity contribution in [1.82, 2.24) is 20.2 Å². The van der Waals surface area contributed by atoms with Crippen LogP contribution in [0.15, 0.2) is 41.6 Å². The van der Waals surface area contributed by atoms with Gasteiger partial charge in [0.1, 0.15) is 24.0 Å². The number of aryl methyl sites for hydroxylation is 1. The summed E-state index contributed by atoms with van der Waals surface area (Å²) in [5.74, 6) is -3.23. The van der Waals surface area contributed by atoms with Gasteiger partial charge in [-0.2, -0.15) is 5.10 Å². The zero-order chi connectivity index (χ0) is 25.2. The molecule has 9 nitrogen and oxygen atoms in total. The highest BCUT2D eigenvalue weighted by atomic mass is 32.2. The van der Waals surface area contributed by atoms with Crippen LogP contribution in [0.25, 0.3) is 11.0 Å². The molecule has 2 N–H and O–H groups in total. The van der Waals surface area contributed by atoms with E-state index in [0.717, 1.165) is 49.4 Å². The molecule has 0 saturated carbocycles. The van der Waals surface area contributed by atoms with Crippen LogP contribution in [0.4, 0.5) is 18.9 Å². The third-order valence-electron chi connectivity index (χ3n) is 5.04. The van der Waals surface area contributed by atoms with E-state index in [1.165, 1.54) is 6.20 Å². The van der Waals surface area contributed by atoms with Gasteiger partial charge in [-0.15, -0.1) is 0 Å². The van der Waals surface area contributed by atoms with Gasteiger partial charge < -0.3 is 9.47 Å². The second kappa shape index (κ2) is 9.78. The molecule has 0 spiro atoms. The molecular weight excluding hydrogens is 487 g/mol. The smallest absolute Gasteiger partial charge is 0.267 e. The normalized spacial score (nSPS) is 11.6. The summed E-state index contributed by atoms with van der Waals surface area (Å²) in [7, 11) is -3.38. The average molecular weight is 507 g/mol. The number of hydrogen-bond acceptors (Lipinski definition) is 7. The number of methoxy groups -OCH3 is 1. The van der Waals surface area contributed by atoms with E-state index in [0.29, 0.717) is 11.7 Å². The number of ether oxygens (including phenoxy) is 2. The molecule has 184 valence electrons. The van der Waals surface area contributed by atoms with Crippen molar-refractivity contribution in [2.75, 3.05) is 11.8 Å². The maximum absolute atomic E-state index is 15.1. The number of H-pyrrole nitrogens is 1. The fourth-order valence-corrected chi connectivity index (χ4v) is 4.56. The van der Waals surface area contributed by atoms with Crippen LogP contribution in [-0.4, -0.2) is 35.7 Å². The van der Waals surface area contributed by atoms with Gasteiger partial charge in [0.2, 0.25) is 5.88 Å². The van der Waals surface area contributed by atoms with Crippen molar-refractivity contribution in [3.8, 4) is 11.6 Å². The fourth-order valence-electron chi connectivity index (χ4n) is 3.37. The van der Waals surface area contributed by atoms with Crippen LogP contribution in [-0.2, 0) is 23.1 Å². The number of benzene rings is 1. The van der Waals surface area contributed by atoms with Crippen molar-refractivity contribution in [1.29, 1.82) is 0 Å². The standard InChI is InChI=1S/C22H20F3N5O4S/c1-3-4-17-14-8-13(10-26-21(14)29-28-17)34-11-15-16(24)5-6-18(20(15)25)30-35(31,32)19-7-12(23)9-27-22(19)33-2/h5-10,30H,3-4,11H2,1-2H3,(H,26,28,29). The number of sulfonamides is 1. The molecule has 0 amide bonds. The van der Waals surface area contributed by atoms with Gasteiger partial charge >= 0.3 is 0 Å². The molecule has 1 aromatic carbocycles. The average Bonchev–Trinajstić information content (AvgIpc) is 3.23. The van der Waals surface area contributed by atoms with E-state index in [4.69, 9.17) is 9.47 Å². The zero-order valence-electron chi connectivity index (χ0n) is 18.6. The van der Waals surface area contributed by atoms with Crippen LogP contribution >= 0.6 is 0 Å². The lowest BCUT2D eigenvalue weighted by Gasteiger charge is -2.14. The molecular formula is C22H20F3N5O4S. The number of aromatic amines is 1. The van der Waals surface area contributed by atoms with Gasteiger partial charge in [0, 0.05) is 17.1 Å². The molecule has 0 bridgehead atoms. The van der Waals surface area contributed by atoms with Crippen LogP contribution in [0.3, 0.4) is 0 Å². The van der Waals surface area contributed by atoms with E-state index < -0.39 is 56.1 Å². The second-order valence-corrected chi connectivity index (χ2v) is 9.09. The Hall–Kier alpha value is -3.87. The van der Waals surface area contributed by atoms with Gasteiger partial charge in [0.25, 0.3) is 10.0 Å². The van der Waals surface area contributed by atoms with Crippen molar-refractivity contribution in [3.05, 3.63) is 65.4 Å². The highest BCUT2D eigenvalue weighted by molar-refractivity contribution is 7.92. The number of nitrogens with one attached hydrogen (secondary N) is 2. The van der Waals surface area contributed by atoms with E-state index in [9.17, 15) is 17.2 Å². The van der Waals surface area contributed by atoms with Crippen molar-refractivity contribution in [2.24, 2.45) is 0 Å². The third-order valence-corrected chi connectivity index (χ3v) is 6.40. The minimum absolute atomic E-state index is 0.247. The van der Waals surface area contributed by atoms with Gasteiger partial charge in [0.15, 0.2) is 16.4 Å². The minimum atomic E-state index is -4.53. The first-order valence-electron chi connectivity index (χ1n) is 10.4. The maximum Gasteiger partial charge on any atom is 0.267 e. The molecule has 0 fully saturated rings. The number of hydrogen-bond donors (Lipinski definition) is 2. The topological polar surface area (TPSA) is 119 Å². The summed E-state index contributed by atoms with van der Waals surface area (Å²) in [6, 6.07) is 4.12. The number of nitrogens with zero attached hydrogens (tertiary/aromatic N) is 3. The predicted octanol–water partition coefficient (Wildman–Crippen LogP) is 4.11. The van der Waals surface area contributed by atoms with Gasteiger partial charge in [0.05, 0.1) is 30.8 Å². The van der Waals surface area contributed by atoms with Gasteiger partial charge in [-0.1, -0.05) is 13.3 Å². The molecule has 0 aliphatic carbocycles. The van der Waals surface area contributed by atoms with Crippen molar-refractivity contribution >= 4 is 26.7 Å². The number of aromatic nitrogens is 4. The Balaban J connectivity index is 1.59. The predicted molar refractivity (Wildman–Crippen MR) is 120 cm³/mol. The molecule has 0 aliphatic rings. The minimum Gasteiger partial charge on any atom is -0.487 e. The Kier molecular flexibility index (Phi) is 6.78. The lowest BCUT2D eigenvalue weighted by atomic mass is 10.2. The number of fused-ring (bicyclic) bond motifs is 1. The van der Waals surface area contributed by atoms with Gasteiger partial charge in [-0.25, -0.2) is 31.6 Å². The summed E-state index contributed by atoms with van der Waals surface area (Å²) in [5.41, 5.74) is 0.258. The lowest BCUT2D eigenvalue weighted by molar-refractivity contribution is 0.292. The van der Waals surface area contributed by atoms with Crippen LogP contribution in [0.1, 0.15) is 24.6 Å². The van der Waals surface area contributed by atoms with E-state index >= 15 is 4.39 Å². The fraction of sp³-hybridized carbons (Fsp3) is 0.227. The van der Waals surface area contributed by atoms with Crippen LogP contribution in [0.5, 0.6) is 11.6 Å². The molecule has 0 atom stereocenters. The van der Waals surface area contributed by atoms with Crippen molar-refractivity contribution in [2.45, 2.75) is 31.3 Å². The number of pyridine rings is 2. The molecule has 3 aromatic heterocycles. The first kappa shape index (κ1) is 24.3. The zero-order valence-corrected chi connectivity index (χ0v) is 19.4. The van der Waals surface area contributed by atoms with E-state index in [2.05, 4.69) is 20.2 Å². The second-order valence-electron chi connectivity index (χ2n) is 7.44. The van der Waals surface area contributed by atoms with E-state index in [1.54, 1.807) is 6.07 Å². The van der Waals surface area contributed by atoms with E-state index in [1.807, 2.05) is 11.6 Å². The summed E-state index contributed by atoms with van der Waals surface area (Å²) in [4.78, 5) is 7.07. The van der Waals surface area contributed by atoms with Crippen LogP contribution in [0, 0.1) is 17.5 Å². The molecule has 4 aromatic rings. The SMILES string of the molecule is CCCc1[nH]nc2ncc(OCc3c(F)ccc(NS(=O)(=O)c4cc(F)cnc4OC)c3F)cc12. The Bertz CT molecular complexity index is 1490. The summed E-state index contributed by atoms with van der Waals surface area (Å²) in [5, 5.41) is 7.72. The molecule has 0 radical (unpaired) electrons. The van der Waals surface area contributed by atoms with Crippen molar-refractivity contribution < 1.29 is 31.1 Å². The highest BCUT2D eigenvalue weighted by Gasteiger charge is 2.25. The van der Waals surface area contributed by atoms with Gasteiger partial charge in [-0.3, -0.25) is 9.82 Å². The highest BCUT2D eigenvalue weighted by Crippen LogP contribution is 2.29. The quantitative estimate of drug-likeness (QED) is 0.350. The lowest BCUT2D eigenvalue weighted by Crippen LogP contribution is -2.17. The molecule has 13 heteroatoms.